The van der Waals surface area contributed by atoms with Gasteiger partial charge >= 0.3 is 0 Å². The van der Waals surface area contributed by atoms with Gasteiger partial charge in [0.05, 0.1) is 5.75 Å². The molecule has 1 aromatic carbocycles. The molecule has 1 aliphatic heterocycles. The molecule has 6 heteroatoms. The zero-order valence-corrected chi connectivity index (χ0v) is 15.6. The second kappa shape index (κ2) is 8.12. The quantitative estimate of drug-likeness (QED) is 0.856. The molecule has 0 aromatic heterocycles. The average molecular weight is 353 g/mol. The molecule has 0 spiro atoms. The van der Waals surface area contributed by atoms with Crippen LogP contribution in [-0.2, 0) is 15.8 Å². The molecule has 1 N–H and O–H groups in total. The lowest BCUT2D eigenvalue weighted by Gasteiger charge is -2.25. The predicted molar refractivity (Wildman–Crippen MR) is 96.3 cm³/mol. The Hall–Kier alpha value is -1.40. The summed E-state index contributed by atoms with van der Waals surface area (Å²) in [5, 5.41) is 2.95. The van der Waals surface area contributed by atoms with Gasteiger partial charge in [-0.15, -0.1) is 0 Å². The number of hydrogen-bond donors (Lipinski definition) is 1. The summed E-state index contributed by atoms with van der Waals surface area (Å²) in [7, 11) is -3.27. The molecule has 1 heterocycles. The van der Waals surface area contributed by atoms with Gasteiger partial charge in [0.1, 0.15) is 0 Å². The first-order valence-corrected chi connectivity index (χ1v) is 10.3. The second-order valence-electron chi connectivity index (χ2n) is 6.92. The highest BCUT2D eigenvalue weighted by Gasteiger charge is 2.24. The summed E-state index contributed by atoms with van der Waals surface area (Å²) in [6.45, 7) is 7.33. The minimum absolute atomic E-state index is 0.00268. The largest absolute Gasteiger partial charge is 0.349 e. The number of nitrogens with one attached hydrogen (secondary N) is 1. The maximum Gasteiger partial charge on any atom is 0.251 e. The van der Waals surface area contributed by atoms with Crippen LogP contribution in [0.25, 0.3) is 0 Å². The number of piperidine rings is 1. The molecule has 1 aromatic rings. The summed E-state index contributed by atoms with van der Waals surface area (Å²) < 4.78 is 26.5. The molecule has 0 saturated carbocycles. The van der Waals surface area contributed by atoms with Crippen LogP contribution in [0.3, 0.4) is 0 Å². The van der Waals surface area contributed by atoms with Gasteiger partial charge in [-0.25, -0.2) is 12.7 Å². The summed E-state index contributed by atoms with van der Waals surface area (Å²) in [5.41, 5.74) is 1.27. The van der Waals surface area contributed by atoms with E-state index in [1.165, 1.54) is 0 Å². The maximum atomic E-state index is 12.4. The van der Waals surface area contributed by atoms with Gasteiger partial charge in [0.2, 0.25) is 10.0 Å². The van der Waals surface area contributed by atoms with E-state index in [0.717, 1.165) is 19.3 Å². The summed E-state index contributed by atoms with van der Waals surface area (Å²) in [5.74, 6) is 0.238. The van der Waals surface area contributed by atoms with E-state index >= 15 is 0 Å². The van der Waals surface area contributed by atoms with E-state index in [-0.39, 0.29) is 17.7 Å². The van der Waals surface area contributed by atoms with E-state index in [4.69, 9.17) is 0 Å². The van der Waals surface area contributed by atoms with Gasteiger partial charge in [-0.3, -0.25) is 4.79 Å². The van der Waals surface area contributed by atoms with Crippen molar-refractivity contribution in [2.45, 2.75) is 51.8 Å². The van der Waals surface area contributed by atoms with E-state index in [1.807, 2.05) is 6.92 Å². The van der Waals surface area contributed by atoms with Gasteiger partial charge in [0.15, 0.2) is 0 Å². The second-order valence-corrected chi connectivity index (χ2v) is 8.89. The highest BCUT2D eigenvalue weighted by molar-refractivity contribution is 7.88. The number of amides is 1. The lowest BCUT2D eigenvalue weighted by molar-refractivity contribution is 0.0930. The Labute approximate surface area is 145 Å². The van der Waals surface area contributed by atoms with E-state index in [2.05, 4.69) is 19.2 Å². The molecule has 0 bridgehead atoms. The van der Waals surface area contributed by atoms with Crippen LogP contribution in [0.4, 0.5) is 0 Å². The number of hydrogen-bond acceptors (Lipinski definition) is 3. The SMILES string of the molecule is CC(C)C(C)NC(=O)c1ccc(CS(=O)(=O)N2CCCCC2)cc1. The average Bonchev–Trinajstić information content (AvgIpc) is 2.55. The van der Waals surface area contributed by atoms with Crippen molar-refractivity contribution in [3.8, 4) is 0 Å². The Morgan fingerprint density at radius 2 is 1.67 bits per heavy atom. The lowest BCUT2D eigenvalue weighted by atomic mass is 10.1. The number of carbonyl (C=O) groups excluding carboxylic acids is 1. The highest BCUT2D eigenvalue weighted by atomic mass is 32.2. The molecule has 24 heavy (non-hydrogen) atoms. The third kappa shape index (κ3) is 5.05. The van der Waals surface area contributed by atoms with Gasteiger partial charge in [-0.05, 0) is 43.4 Å². The fraction of sp³-hybridized carbons (Fsp3) is 0.611. The van der Waals surface area contributed by atoms with Crippen LogP contribution in [0, 0.1) is 5.92 Å². The van der Waals surface area contributed by atoms with Crippen molar-refractivity contribution in [1.29, 1.82) is 0 Å². The fourth-order valence-electron chi connectivity index (χ4n) is 2.65. The molecular weight excluding hydrogens is 324 g/mol. The van der Waals surface area contributed by atoms with E-state index in [9.17, 15) is 13.2 Å². The normalized spacial score (nSPS) is 17.7. The van der Waals surface area contributed by atoms with Crippen molar-refractivity contribution in [2.75, 3.05) is 13.1 Å². The molecule has 2 rings (SSSR count). The van der Waals surface area contributed by atoms with Crippen LogP contribution < -0.4 is 5.32 Å². The Bertz CT molecular complexity index is 647. The predicted octanol–water partition coefficient (Wildman–Crippen LogP) is 2.78. The van der Waals surface area contributed by atoms with Gasteiger partial charge in [-0.1, -0.05) is 32.4 Å². The minimum Gasteiger partial charge on any atom is -0.349 e. The first-order chi connectivity index (χ1) is 11.3. The van der Waals surface area contributed by atoms with Crippen LogP contribution in [0.15, 0.2) is 24.3 Å². The summed E-state index contributed by atoms with van der Waals surface area (Å²) in [6.07, 6.45) is 2.98. The molecule has 1 atom stereocenters. The van der Waals surface area contributed by atoms with Crippen LogP contribution >= 0.6 is 0 Å². The van der Waals surface area contributed by atoms with Crippen molar-refractivity contribution in [1.82, 2.24) is 9.62 Å². The molecule has 1 amide bonds. The number of nitrogens with zero attached hydrogens (tertiary/aromatic N) is 1. The van der Waals surface area contributed by atoms with Crippen molar-refractivity contribution in [3.05, 3.63) is 35.4 Å². The number of rotatable bonds is 6. The summed E-state index contributed by atoms with van der Waals surface area (Å²) >= 11 is 0. The Balaban J connectivity index is 2.00. The van der Waals surface area contributed by atoms with Crippen molar-refractivity contribution < 1.29 is 13.2 Å². The number of benzene rings is 1. The van der Waals surface area contributed by atoms with Crippen molar-refractivity contribution in [3.63, 3.8) is 0 Å². The molecule has 1 aliphatic rings. The zero-order chi connectivity index (χ0) is 17.7. The fourth-order valence-corrected chi connectivity index (χ4v) is 4.26. The smallest absolute Gasteiger partial charge is 0.251 e. The van der Waals surface area contributed by atoms with Crippen LogP contribution in [0.1, 0.15) is 56.0 Å². The molecule has 0 radical (unpaired) electrons. The van der Waals surface area contributed by atoms with Crippen LogP contribution in [0.2, 0.25) is 0 Å². The third-order valence-electron chi connectivity index (χ3n) is 4.63. The van der Waals surface area contributed by atoms with E-state index in [1.54, 1.807) is 28.6 Å². The molecule has 5 nitrogen and oxygen atoms in total. The molecule has 1 unspecified atom stereocenters. The van der Waals surface area contributed by atoms with E-state index < -0.39 is 10.0 Å². The van der Waals surface area contributed by atoms with Gasteiger partial charge in [-0.2, -0.15) is 0 Å². The summed E-state index contributed by atoms with van der Waals surface area (Å²) in [6, 6.07) is 6.96. The Kier molecular flexibility index (Phi) is 6.40. The number of sulfonamides is 1. The maximum absolute atomic E-state index is 12.4. The van der Waals surface area contributed by atoms with Crippen molar-refractivity contribution >= 4 is 15.9 Å². The number of carbonyl (C=O) groups is 1. The molecule has 0 aliphatic carbocycles. The molecule has 1 saturated heterocycles. The first kappa shape index (κ1) is 18.9. The molecule has 1 fully saturated rings. The zero-order valence-electron chi connectivity index (χ0n) is 14.8. The monoisotopic (exact) mass is 352 g/mol. The van der Waals surface area contributed by atoms with Crippen molar-refractivity contribution in [2.24, 2.45) is 5.92 Å². The molecular formula is C18H28N2O3S. The standard InChI is InChI=1S/C18H28N2O3S/c1-14(2)15(3)19-18(21)17-9-7-16(8-10-17)13-24(22,23)20-11-5-4-6-12-20/h7-10,14-15H,4-6,11-13H2,1-3H3,(H,19,21). The van der Waals surface area contributed by atoms with Gasteiger partial charge in [0.25, 0.3) is 5.91 Å². The Morgan fingerprint density at radius 1 is 1.08 bits per heavy atom. The lowest BCUT2D eigenvalue weighted by Crippen LogP contribution is -2.36. The van der Waals surface area contributed by atoms with E-state index in [0.29, 0.717) is 30.1 Å². The topological polar surface area (TPSA) is 66.5 Å². The molecule has 134 valence electrons. The third-order valence-corrected chi connectivity index (χ3v) is 6.48. The highest BCUT2D eigenvalue weighted by Crippen LogP contribution is 2.17. The Morgan fingerprint density at radius 3 is 2.21 bits per heavy atom. The summed E-state index contributed by atoms with van der Waals surface area (Å²) in [4.78, 5) is 12.2. The van der Waals surface area contributed by atoms with Gasteiger partial charge < -0.3 is 5.32 Å². The van der Waals surface area contributed by atoms with Gasteiger partial charge in [0, 0.05) is 24.7 Å². The van der Waals surface area contributed by atoms with Crippen LogP contribution in [0.5, 0.6) is 0 Å². The first-order valence-electron chi connectivity index (χ1n) is 8.67. The van der Waals surface area contributed by atoms with Crippen LogP contribution in [-0.4, -0.2) is 37.8 Å². The minimum atomic E-state index is -3.27.